The number of amides is 1. The molecule has 0 heterocycles. The number of likely N-dealkylation sites (N-methyl/N-ethyl adjacent to an activating group) is 1. The second kappa shape index (κ2) is 10.4. The topological polar surface area (TPSA) is 67.6 Å². The van der Waals surface area contributed by atoms with Crippen molar-refractivity contribution < 1.29 is 9.53 Å². The summed E-state index contributed by atoms with van der Waals surface area (Å²) in [4.78, 5) is 14.6. The maximum absolute atomic E-state index is 12.5. The van der Waals surface area contributed by atoms with Crippen LogP contribution in [0.4, 0.5) is 0 Å². The molecule has 1 amide bonds. The molecule has 5 nitrogen and oxygen atoms in total. The number of rotatable bonds is 7. The number of nitrogens with one attached hydrogen (secondary N) is 1. The van der Waals surface area contributed by atoms with Crippen LogP contribution >= 0.6 is 24.8 Å². The number of carbonyl (C=O) groups excluding carboxylic acids is 1. The summed E-state index contributed by atoms with van der Waals surface area (Å²) >= 11 is 0. The molecule has 2 bridgehead atoms. The van der Waals surface area contributed by atoms with E-state index in [1.54, 1.807) is 0 Å². The van der Waals surface area contributed by atoms with Gasteiger partial charge in [0.1, 0.15) is 12.4 Å². The Morgan fingerprint density at radius 3 is 2.65 bits per heavy atom. The first-order valence-corrected chi connectivity index (χ1v) is 8.94. The molecule has 4 unspecified atom stereocenters. The molecule has 2 saturated carbocycles. The Morgan fingerprint density at radius 1 is 1.27 bits per heavy atom. The number of fused-ring (bicyclic) bond motifs is 2. The summed E-state index contributed by atoms with van der Waals surface area (Å²) in [6.45, 7) is 2.07. The third-order valence-corrected chi connectivity index (χ3v) is 5.46. The van der Waals surface area contributed by atoms with Crippen LogP contribution in [0.15, 0.2) is 24.3 Å². The van der Waals surface area contributed by atoms with Crippen molar-refractivity contribution in [2.45, 2.75) is 31.8 Å². The molecule has 0 spiro atoms. The lowest BCUT2D eigenvalue weighted by Gasteiger charge is -2.27. The highest BCUT2D eigenvalue weighted by atomic mass is 35.5. The van der Waals surface area contributed by atoms with E-state index in [4.69, 9.17) is 10.5 Å². The first-order chi connectivity index (χ1) is 11.5. The van der Waals surface area contributed by atoms with Crippen molar-refractivity contribution in [2.24, 2.45) is 23.5 Å². The van der Waals surface area contributed by atoms with Gasteiger partial charge in [0, 0.05) is 19.1 Å². The fraction of sp³-hybridized carbons (Fsp3) is 0.632. The van der Waals surface area contributed by atoms with Gasteiger partial charge in [0.25, 0.3) is 0 Å². The molecular formula is C19H31Cl2N3O2. The number of ether oxygens (including phenoxy) is 1. The molecule has 0 saturated heterocycles. The number of benzene rings is 1. The van der Waals surface area contributed by atoms with Gasteiger partial charge in [-0.3, -0.25) is 4.79 Å². The smallest absolute Gasteiger partial charge is 0.225 e. The van der Waals surface area contributed by atoms with Crippen LogP contribution in [0.3, 0.4) is 0 Å². The molecule has 2 aliphatic rings. The third kappa shape index (κ3) is 5.49. The van der Waals surface area contributed by atoms with Gasteiger partial charge >= 0.3 is 0 Å². The summed E-state index contributed by atoms with van der Waals surface area (Å²) in [6.07, 6.45) is 3.49. The van der Waals surface area contributed by atoms with Crippen LogP contribution in [-0.2, 0) is 11.3 Å². The zero-order chi connectivity index (χ0) is 17.1. The SMILES string of the molecule is CN(C)CCOc1cccc(CNC(=O)C2C3CCC(C3)C2N)c1.Cl.Cl. The van der Waals surface area contributed by atoms with E-state index < -0.39 is 0 Å². The van der Waals surface area contributed by atoms with Gasteiger partial charge in [-0.25, -0.2) is 0 Å². The summed E-state index contributed by atoms with van der Waals surface area (Å²) in [5.74, 6) is 2.02. The molecule has 1 aromatic carbocycles. The first-order valence-electron chi connectivity index (χ1n) is 8.94. The minimum Gasteiger partial charge on any atom is -0.492 e. The summed E-state index contributed by atoms with van der Waals surface area (Å²) in [5, 5.41) is 3.07. The maximum atomic E-state index is 12.5. The zero-order valence-electron chi connectivity index (χ0n) is 15.5. The molecule has 3 N–H and O–H groups in total. The Kier molecular flexibility index (Phi) is 9.17. The normalized spacial score (nSPS) is 26.2. The Balaban J connectivity index is 0.00000169. The van der Waals surface area contributed by atoms with Crippen LogP contribution in [0.1, 0.15) is 24.8 Å². The van der Waals surface area contributed by atoms with E-state index in [9.17, 15) is 4.79 Å². The average Bonchev–Trinajstić information content (AvgIpc) is 3.14. The van der Waals surface area contributed by atoms with E-state index in [2.05, 4.69) is 10.2 Å². The molecule has 1 aromatic rings. The van der Waals surface area contributed by atoms with Gasteiger partial charge < -0.3 is 20.7 Å². The van der Waals surface area contributed by atoms with Crippen molar-refractivity contribution in [3.8, 4) is 5.75 Å². The molecule has 26 heavy (non-hydrogen) atoms. The molecule has 4 atom stereocenters. The van der Waals surface area contributed by atoms with Crippen molar-refractivity contribution in [1.82, 2.24) is 10.2 Å². The van der Waals surface area contributed by atoms with Gasteiger partial charge in [-0.05, 0) is 62.9 Å². The van der Waals surface area contributed by atoms with Gasteiger partial charge in [0.05, 0.1) is 5.92 Å². The lowest BCUT2D eigenvalue weighted by atomic mass is 9.84. The van der Waals surface area contributed by atoms with Crippen LogP contribution in [0.5, 0.6) is 5.75 Å². The Hall–Kier alpha value is -1.01. The van der Waals surface area contributed by atoms with Gasteiger partial charge in [0.2, 0.25) is 5.91 Å². The standard InChI is InChI=1S/C19H29N3O2.2ClH/c1-22(2)8-9-24-16-5-3-4-13(10-16)12-21-19(23)17-14-6-7-15(11-14)18(17)20;;/h3-5,10,14-15,17-18H,6-9,11-12,20H2,1-2H3,(H,21,23);2*1H. The number of carbonyl (C=O) groups is 1. The van der Waals surface area contributed by atoms with Gasteiger partial charge in [-0.15, -0.1) is 24.8 Å². The van der Waals surface area contributed by atoms with Crippen molar-refractivity contribution in [1.29, 1.82) is 0 Å². The predicted octanol–water partition coefficient (Wildman–Crippen LogP) is 2.46. The highest BCUT2D eigenvalue weighted by molar-refractivity contribution is 5.85. The molecule has 3 rings (SSSR count). The van der Waals surface area contributed by atoms with E-state index in [-0.39, 0.29) is 42.7 Å². The van der Waals surface area contributed by atoms with E-state index in [0.29, 0.717) is 25.0 Å². The van der Waals surface area contributed by atoms with Gasteiger partial charge in [0.15, 0.2) is 0 Å². The van der Waals surface area contributed by atoms with Crippen LogP contribution in [-0.4, -0.2) is 44.1 Å². The molecule has 7 heteroatoms. The summed E-state index contributed by atoms with van der Waals surface area (Å²) in [7, 11) is 4.05. The largest absolute Gasteiger partial charge is 0.492 e. The summed E-state index contributed by atoms with van der Waals surface area (Å²) in [6, 6.07) is 7.98. The van der Waals surface area contributed by atoms with Gasteiger partial charge in [-0.1, -0.05) is 12.1 Å². The van der Waals surface area contributed by atoms with Crippen molar-refractivity contribution in [3.05, 3.63) is 29.8 Å². The molecule has 2 fully saturated rings. The molecule has 0 aliphatic heterocycles. The van der Waals surface area contributed by atoms with Crippen molar-refractivity contribution in [3.63, 3.8) is 0 Å². The highest BCUT2D eigenvalue weighted by Crippen LogP contribution is 2.47. The van der Waals surface area contributed by atoms with Crippen LogP contribution in [0.25, 0.3) is 0 Å². The predicted molar refractivity (Wildman–Crippen MR) is 109 cm³/mol. The van der Waals surface area contributed by atoms with E-state index in [0.717, 1.165) is 30.7 Å². The van der Waals surface area contributed by atoms with E-state index in [1.807, 2.05) is 38.4 Å². The summed E-state index contributed by atoms with van der Waals surface area (Å²) < 4.78 is 5.75. The Morgan fingerprint density at radius 2 is 2.00 bits per heavy atom. The molecule has 148 valence electrons. The molecule has 0 aromatic heterocycles. The fourth-order valence-corrected chi connectivity index (χ4v) is 4.12. The molecule has 0 radical (unpaired) electrons. The minimum atomic E-state index is 0. The van der Waals surface area contributed by atoms with Crippen LogP contribution < -0.4 is 15.8 Å². The van der Waals surface area contributed by atoms with Crippen molar-refractivity contribution in [2.75, 3.05) is 27.2 Å². The second-order valence-corrected chi connectivity index (χ2v) is 7.45. The fourth-order valence-electron chi connectivity index (χ4n) is 4.12. The van der Waals surface area contributed by atoms with Gasteiger partial charge in [-0.2, -0.15) is 0 Å². The number of hydrogen-bond donors (Lipinski definition) is 2. The lowest BCUT2D eigenvalue weighted by molar-refractivity contribution is -0.127. The molecular weight excluding hydrogens is 373 g/mol. The number of halogens is 2. The van der Waals surface area contributed by atoms with Crippen molar-refractivity contribution >= 4 is 30.7 Å². The van der Waals surface area contributed by atoms with E-state index >= 15 is 0 Å². The number of hydrogen-bond acceptors (Lipinski definition) is 4. The monoisotopic (exact) mass is 403 g/mol. The lowest BCUT2D eigenvalue weighted by Crippen LogP contribution is -2.45. The number of nitrogens with two attached hydrogens (primary N) is 1. The zero-order valence-corrected chi connectivity index (χ0v) is 17.2. The highest BCUT2D eigenvalue weighted by Gasteiger charge is 2.48. The van der Waals surface area contributed by atoms with E-state index in [1.165, 1.54) is 6.42 Å². The first kappa shape index (κ1) is 23.0. The Labute approximate surface area is 168 Å². The minimum absolute atomic E-state index is 0. The molecule has 2 aliphatic carbocycles. The quantitative estimate of drug-likeness (QED) is 0.733. The maximum Gasteiger partial charge on any atom is 0.225 e. The van der Waals surface area contributed by atoms with Crippen LogP contribution in [0.2, 0.25) is 0 Å². The summed E-state index contributed by atoms with van der Waals surface area (Å²) in [5.41, 5.74) is 7.31. The average molecular weight is 404 g/mol. The number of nitrogens with zero attached hydrogens (tertiary/aromatic N) is 1. The third-order valence-electron chi connectivity index (χ3n) is 5.46. The van der Waals surface area contributed by atoms with Crippen LogP contribution in [0, 0.1) is 17.8 Å². The second-order valence-electron chi connectivity index (χ2n) is 7.45. The Bertz CT molecular complexity index is 584.